The van der Waals surface area contributed by atoms with Gasteiger partial charge in [-0.2, -0.15) is 0 Å². The minimum Gasteiger partial charge on any atom is -0.397 e. The number of benzene rings is 1. The Kier molecular flexibility index (Phi) is 5.13. The minimum atomic E-state index is -0.739. The van der Waals surface area contributed by atoms with Gasteiger partial charge in [0.15, 0.2) is 0 Å². The van der Waals surface area contributed by atoms with Gasteiger partial charge in [0.25, 0.3) is 0 Å². The molecule has 24 heavy (non-hydrogen) atoms. The van der Waals surface area contributed by atoms with Crippen LogP contribution in [0.1, 0.15) is 48.8 Å². The second kappa shape index (κ2) is 7.29. The average molecular weight is 326 g/mol. The van der Waals surface area contributed by atoms with Crippen LogP contribution in [0.3, 0.4) is 0 Å². The molecule has 1 saturated heterocycles. The van der Waals surface area contributed by atoms with E-state index >= 15 is 0 Å². The highest BCUT2D eigenvalue weighted by Gasteiger charge is 2.38. The molecule has 0 amide bonds. The molecule has 4 N–H and O–H groups in total. The van der Waals surface area contributed by atoms with E-state index in [4.69, 9.17) is 10.5 Å². The van der Waals surface area contributed by atoms with Crippen molar-refractivity contribution in [1.29, 1.82) is 0 Å². The van der Waals surface area contributed by atoms with Gasteiger partial charge in [0.2, 0.25) is 0 Å². The van der Waals surface area contributed by atoms with Gasteiger partial charge in [-0.25, -0.2) is 0 Å². The molecule has 1 saturated carbocycles. The van der Waals surface area contributed by atoms with E-state index in [0.29, 0.717) is 5.70 Å². The Balaban J connectivity index is 1.60. The van der Waals surface area contributed by atoms with Gasteiger partial charge in [-0.15, -0.1) is 0 Å². The molecule has 2 aliphatic rings. The summed E-state index contributed by atoms with van der Waals surface area (Å²) in [6, 6.07) is 5.95. The molecule has 2 fully saturated rings. The molecule has 3 rings (SSSR count). The van der Waals surface area contributed by atoms with Crippen LogP contribution in [0.5, 0.6) is 0 Å². The molecule has 0 spiro atoms. The first-order valence-electron chi connectivity index (χ1n) is 8.73. The van der Waals surface area contributed by atoms with Crippen LogP contribution in [0.25, 0.3) is 5.70 Å². The van der Waals surface area contributed by atoms with Crippen LogP contribution in [-0.2, 0) is 4.74 Å². The summed E-state index contributed by atoms with van der Waals surface area (Å²) in [5.41, 5.74) is 9.16. The maximum Gasteiger partial charge on any atom is 0.126 e. The highest BCUT2D eigenvalue weighted by Crippen LogP contribution is 2.34. The van der Waals surface area contributed by atoms with Crippen molar-refractivity contribution in [2.75, 3.05) is 13.2 Å². The van der Waals surface area contributed by atoms with Gasteiger partial charge >= 0.3 is 0 Å². The summed E-state index contributed by atoms with van der Waals surface area (Å²) < 4.78 is 5.70. The summed E-state index contributed by atoms with van der Waals surface area (Å²) in [7, 11) is 0. The Hall–Kier alpha value is -1.96. The largest absolute Gasteiger partial charge is 0.397 e. The lowest BCUT2D eigenvalue weighted by atomic mass is 10.0. The lowest BCUT2D eigenvalue weighted by molar-refractivity contribution is 0.0188. The molecular weight excluding hydrogens is 300 g/mol. The van der Waals surface area contributed by atoms with E-state index in [-0.39, 0.29) is 6.10 Å². The van der Waals surface area contributed by atoms with Crippen LogP contribution in [-0.4, -0.2) is 30.0 Å². The molecule has 0 radical (unpaired) electrons. The van der Waals surface area contributed by atoms with Crippen LogP contribution in [0.15, 0.2) is 24.4 Å². The number of aryl methyl sites for hydroxylation is 1. The topological polar surface area (TPSA) is 67.5 Å². The van der Waals surface area contributed by atoms with Crippen molar-refractivity contribution in [3.8, 4) is 11.8 Å². The summed E-state index contributed by atoms with van der Waals surface area (Å²) in [6.07, 6.45) is 7.22. The first-order valence-corrected chi connectivity index (χ1v) is 8.73. The van der Waals surface area contributed by atoms with E-state index in [1.807, 2.05) is 31.3 Å². The Bertz CT molecular complexity index is 675. The third kappa shape index (κ3) is 4.53. The Morgan fingerprint density at radius 3 is 2.96 bits per heavy atom. The zero-order valence-electron chi connectivity index (χ0n) is 14.3. The second-order valence-electron chi connectivity index (χ2n) is 6.81. The van der Waals surface area contributed by atoms with Crippen LogP contribution in [0.2, 0.25) is 0 Å². The van der Waals surface area contributed by atoms with E-state index in [1.165, 1.54) is 12.8 Å². The maximum absolute atomic E-state index is 9.79. The zero-order chi connectivity index (χ0) is 17.0. The second-order valence-corrected chi connectivity index (χ2v) is 6.81. The van der Waals surface area contributed by atoms with Gasteiger partial charge in [-0.3, -0.25) is 0 Å². The van der Waals surface area contributed by atoms with Gasteiger partial charge < -0.3 is 20.9 Å². The fraction of sp³-hybridized carbons (Fsp3) is 0.500. The van der Waals surface area contributed by atoms with Gasteiger partial charge in [0.1, 0.15) is 5.60 Å². The number of aliphatic hydroxyl groups is 1. The fourth-order valence-corrected chi connectivity index (χ4v) is 2.84. The lowest BCUT2D eigenvalue weighted by Gasteiger charge is -2.22. The minimum absolute atomic E-state index is 0.287. The maximum atomic E-state index is 9.79. The first-order chi connectivity index (χ1) is 11.6. The van der Waals surface area contributed by atoms with E-state index in [9.17, 15) is 5.11 Å². The van der Waals surface area contributed by atoms with Crippen LogP contribution in [0.4, 0.5) is 0 Å². The van der Waals surface area contributed by atoms with Crippen LogP contribution < -0.4 is 11.1 Å². The number of hydrogen-bond acceptors (Lipinski definition) is 4. The molecule has 128 valence electrons. The molecule has 1 atom stereocenters. The first kappa shape index (κ1) is 16.9. The number of hydrogen-bond donors (Lipinski definition) is 3. The molecule has 1 unspecified atom stereocenters. The SMILES string of the molecule is Cc1cc(C#CC2(O)CC2)ccc1/C(N)=C/NCC1CCCCO1. The number of rotatable bonds is 4. The molecule has 1 aromatic carbocycles. The Morgan fingerprint density at radius 1 is 1.46 bits per heavy atom. The lowest BCUT2D eigenvalue weighted by Crippen LogP contribution is -2.29. The van der Waals surface area contributed by atoms with Crippen molar-refractivity contribution < 1.29 is 9.84 Å². The third-order valence-electron chi connectivity index (χ3n) is 4.58. The van der Waals surface area contributed by atoms with Crippen molar-refractivity contribution in [3.63, 3.8) is 0 Å². The van der Waals surface area contributed by atoms with E-state index in [2.05, 4.69) is 17.2 Å². The summed E-state index contributed by atoms with van der Waals surface area (Å²) in [5, 5.41) is 13.1. The van der Waals surface area contributed by atoms with Crippen molar-refractivity contribution in [2.24, 2.45) is 5.73 Å². The molecule has 0 aromatic heterocycles. The highest BCUT2D eigenvalue weighted by atomic mass is 16.5. The van der Waals surface area contributed by atoms with E-state index < -0.39 is 5.60 Å². The molecule has 4 nitrogen and oxygen atoms in total. The average Bonchev–Trinajstić information content (AvgIpc) is 3.32. The molecule has 0 bridgehead atoms. The molecule has 1 heterocycles. The third-order valence-corrected chi connectivity index (χ3v) is 4.58. The standard InChI is InChI=1S/C20H26N2O2/c1-15-12-16(7-8-20(23)9-10-20)5-6-18(15)19(21)14-22-13-17-4-2-3-11-24-17/h5-6,12,14,17,22-23H,2-4,9-11,13,21H2,1H3/b19-14-. The quantitative estimate of drug-likeness (QED) is 0.743. The molecule has 4 heteroatoms. The predicted octanol–water partition coefficient (Wildman–Crippen LogP) is 2.29. The molecule has 1 aliphatic carbocycles. The Morgan fingerprint density at radius 2 is 2.29 bits per heavy atom. The zero-order valence-corrected chi connectivity index (χ0v) is 14.3. The van der Waals surface area contributed by atoms with Crippen molar-refractivity contribution in [3.05, 3.63) is 41.1 Å². The van der Waals surface area contributed by atoms with Crippen molar-refractivity contribution in [1.82, 2.24) is 5.32 Å². The monoisotopic (exact) mass is 326 g/mol. The Labute approximate surface area is 144 Å². The fourth-order valence-electron chi connectivity index (χ4n) is 2.84. The summed E-state index contributed by atoms with van der Waals surface area (Å²) in [5.74, 6) is 5.98. The van der Waals surface area contributed by atoms with Crippen molar-refractivity contribution >= 4 is 5.70 Å². The molecule has 1 aliphatic heterocycles. The van der Waals surface area contributed by atoms with Gasteiger partial charge in [-0.05, 0) is 56.7 Å². The van der Waals surface area contributed by atoms with Gasteiger partial charge in [0, 0.05) is 30.5 Å². The predicted molar refractivity (Wildman–Crippen MR) is 96.0 cm³/mol. The van der Waals surface area contributed by atoms with Gasteiger partial charge in [0.05, 0.1) is 11.8 Å². The summed E-state index contributed by atoms with van der Waals surface area (Å²) in [6.45, 7) is 3.68. The smallest absolute Gasteiger partial charge is 0.126 e. The molecule has 1 aromatic rings. The summed E-state index contributed by atoms with van der Waals surface area (Å²) in [4.78, 5) is 0. The number of nitrogens with one attached hydrogen (secondary N) is 1. The number of ether oxygens (including phenoxy) is 1. The van der Waals surface area contributed by atoms with Crippen LogP contribution in [0, 0.1) is 18.8 Å². The molecular formula is C20H26N2O2. The van der Waals surface area contributed by atoms with Gasteiger partial charge in [-0.1, -0.05) is 17.9 Å². The highest BCUT2D eigenvalue weighted by molar-refractivity contribution is 5.66. The number of nitrogens with two attached hydrogens (primary N) is 1. The van der Waals surface area contributed by atoms with Crippen LogP contribution >= 0.6 is 0 Å². The van der Waals surface area contributed by atoms with E-state index in [0.717, 1.165) is 49.1 Å². The summed E-state index contributed by atoms with van der Waals surface area (Å²) >= 11 is 0. The van der Waals surface area contributed by atoms with Crippen molar-refractivity contribution in [2.45, 2.75) is 50.7 Å². The normalized spacial score (nSPS) is 22.4. The van der Waals surface area contributed by atoms with E-state index in [1.54, 1.807) is 0 Å².